The topological polar surface area (TPSA) is 26.3 Å². The molecule has 0 N–H and O–H groups in total. The monoisotopic (exact) mass is 168 g/mol. The number of carbonyl (C=O) groups excluding carboxylic acids is 1. The van der Waals surface area contributed by atoms with Gasteiger partial charge >= 0.3 is 5.97 Å². The summed E-state index contributed by atoms with van der Waals surface area (Å²) < 4.78 is 17.2. The molecule has 2 nitrogen and oxygen atoms in total. The van der Waals surface area contributed by atoms with Crippen molar-refractivity contribution in [1.29, 1.82) is 0 Å². The molecule has 12 heavy (non-hydrogen) atoms. The van der Waals surface area contributed by atoms with Crippen LogP contribution in [0.4, 0.5) is 4.39 Å². The van der Waals surface area contributed by atoms with Gasteiger partial charge in [-0.2, -0.15) is 0 Å². The Labute approximate surface area is 70.0 Å². The first-order valence-electron chi connectivity index (χ1n) is 3.56. The molecule has 0 radical (unpaired) electrons. The molecule has 64 valence electrons. The van der Waals surface area contributed by atoms with Crippen LogP contribution in [0.1, 0.15) is 12.5 Å². The van der Waals surface area contributed by atoms with Crippen molar-refractivity contribution >= 4 is 5.97 Å². The van der Waals surface area contributed by atoms with Gasteiger partial charge in [0.1, 0.15) is 12.4 Å². The van der Waals surface area contributed by atoms with Crippen LogP contribution in [0.25, 0.3) is 0 Å². The minimum atomic E-state index is -0.362. The van der Waals surface area contributed by atoms with Gasteiger partial charge in [-0.25, -0.2) is 4.39 Å². The van der Waals surface area contributed by atoms with E-state index >= 15 is 0 Å². The Hall–Kier alpha value is -1.38. The fourth-order valence-electron chi connectivity index (χ4n) is 0.812. The van der Waals surface area contributed by atoms with Crippen molar-refractivity contribution < 1.29 is 13.9 Å². The molecule has 0 spiro atoms. The maximum Gasteiger partial charge on any atom is 0.302 e. The summed E-state index contributed by atoms with van der Waals surface area (Å²) in [4.78, 5) is 10.4. The standard InChI is InChI=1S/C9H9FO2/c1-7(11)12-6-8-3-2-4-9(10)5-8/h2-5H,6H2,1H3. The van der Waals surface area contributed by atoms with E-state index in [-0.39, 0.29) is 18.4 Å². The van der Waals surface area contributed by atoms with Gasteiger partial charge in [-0.1, -0.05) is 12.1 Å². The van der Waals surface area contributed by atoms with Crippen molar-refractivity contribution in [2.75, 3.05) is 0 Å². The summed E-state index contributed by atoms with van der Waals surface area (Å²) >= 11 is 0. The number of ether oxygens (including phenoxy) is 1. The average molecular weight is 168 g/mol. The molecule has 0 atom stereocenters. The molecule has 1 aromatic carbocycles. The van der Waals surface area contributed by atoms with Crippen molar-refractivity contribution in [1.82, 2.24) is 0 Å². The molecule has 0 aliphatic rings. The SMILES string of the molecule is CC(=O)OCc1cccc(F)c1. The van der Waals surface area contributed by atoms with Gasteiger partial charge in [-0.05, 0) is 17.7 Å². The van der Waals surface area contributed by atoms with Crippen LogP contribution in [0.5, 0.6) is 0 Å². The Kier molecular flexibility index (Phi) is 2.80. The van der Waals surface area contributed by atoms with Crippen LogP contribution in [0.2, 0.25) is 0 Å². The molecule has 0 saturated carbocycles. The van der Waals surface area contributed by atoms with E-state index in [2.05, 4.69) is 4.74 Å². The maximum atomic E-state index is 12.6. The third-order valence-electron chi connectivity index (χ3n) is 1.33. The highest BCUT2D eigenvalue weighted by molar-refractivity contribution is 5.65. The lowest BCUT2D eigenvalue weighted by molar-refractivity contribution is -0.142. The van der Waals surface area contributed by atoms with Gasteiger partial charge in [0, 0.05) is 6.92 Å². The van der Waals surface area contributed by atoms with Crippen molar-refractivity contribution in [2.45, 2.75) is 13.5 Å². The quantitative estimate of drug-likeness (QED) is 0.630. The molecule has 0 aromatic heterocycles. The third-order valence-corrected chi connectivity index (χ3v) is 1.33. The number of benzene rings is 1. The second-order valence-corrected chi connectivity index (χ2v) is 2.41. The van der Waals surface area contributed by atoms with E-state index in [1.807, 2.05) is 0 Å². The second-order valence-electron chi connectivity index (χ2n) is 2.41. The Balaban J connectivity index is 2.57. The van der Waals surface area contributed by atoms with Crippen molar-refractivity contribution in [3.63, 3.8) is 0 Å². The van der Waals surface area contributed by atoms with E-state index in [0.29, 0.717) is 5.56 Å². The van der Waals surface area contributed by atoms with Crippen LogP contribution < -0.4 is 0 Å². The van der Waals surface area contributed by atoms with E-state index in [9.17, 15) is 9.18 Å². The molecule has 0 unspecified atom stereocenters. The number of carbonyl (C=O) groups is 1. The number of hydrogen-bond donors (Lipinski definition) is 0. The Bertz CT molecular complexity index is 284. The third kappa shape index (κ3) is 2.70. The van der Waals surface area contributed by atoms with Crippen LogP contribution in [-0.2, 0) is 16.1 Å². The largest absolute Gasteiger partial charge is 0.461 e. The number of esters is 1. The normalized spacial score (nSPS) is 9.50. The molecule has 0 bridgehead atoms. The van der Waals surface area contributed by atoms with Crippen molar-refractivity contribution in [3.8, 4) is 0 Å². The van der Waals surface area contributed by atoms with Crippen LogP contribution >= 0.6 is 0 Å². The summed E-state index contributed by atoms with van der Waals surface area (Å²) in [6.07, 6.45) is 0. The highest BCUT2D eigenvalue weighted by Crippen LogP contribution is 2.04. The fraction of sp³-hybridized carbons (Fsp3) is 0.222. The highest BCUT2D eigenvalue weighted by atomic mass is 19.1. The van der Waals surface area contributed by atoms with E-state index in [4.69, 9.17) is 0 Å². The lowest BCUT2D eigenvalue weighted by Gasteiger charge is -2.00. The summed E-state index contributed by atoms with van der Waals surface area (Å²) in [7, 11) is 0. The number of rotatable bonds is 2. The number of halogens is 1. The molecular formula is C9H9FO2. The summed E-state index contributed by atoms with van der Waals surface area (Å²) in [6.45, 7) is 1.45. The molecule has 1 rings (SSSR count). The lowest BCUT2D eigenvalue weighted by atomic mass is 10.2. The first kappa shape index (κ1) is 8.71. The molecule has 3 heteroatoms. The molecular weight excluding hydrogens is 159 g/mol. The van der Waals surface area contributed by atoms with Gasteiger partial charge in [0.25, 0.3) is 0 Å². The molecule has 0 aliphatic heterocycles. The van der Waals surface area contributed by atoms with Crippen molar-refractivity contribution in [3.05, 3.63) is 35.6 Å². The van der Waals surface area contributed by atoms with Gasteiger partial charge in [-0.3, -0.25) is 4.79 Å². The Morgan fingerprint density at radius 1 is 1.58 bits per heavy atom. The van der Waals surface area contributed by atoms with E-state index in [1.165, 1.54) is 19.1 Å². The molecule has 0 saturated heterocycles. The average Bonchev–Trinajstić information content (AvgIpc) is 2.01. The zero-order chi connectivity index (χ0) is 8.97. The van der Waals surface area contributed by atoms with Crippen molar-refractivity contribution in [2.24, 2.45) is 0 Å². The molecule has 0 heterocycles. The van der Waals surface area contributed by atoms with E-state index in [0.717, 1.165) is 0 Å². The predicted octanol–water partition coefficient (Wildman–Crippen LogP) is 1.89. The van der Waals surface area contributed by atoms with E-state index < -0.39 is 0 Å². The molecule has 1 aromatic rings. The zero-order valence-electron chi connectivity index (χ0n) is 6.71. The zero-order valence-corrected chi connectivity index (χ0v) is 6.71. The first-order valence-corrected chi connectivity index (χ1v) is 3.56. The molecule has 0 fully saturated rings. The van der Waals surface area contributed by atoms with Gasteiger partial charge in [-0.15, -0.1) is 0 Å². The summed E-state index contributed by atoms with van der Waals surface area (Å²) in [5, 5.41) is 0. The number of hydrogen-bond acceptors (Lipinski definition) is 2. The van der Waals surface area contributed by atoms with Crippen LogP contribution in [0.15, 0.2) is 24.3 Å². The summed E-state index contributed by atoms with van der Waals surface area (Å²) in [6, 6.07) is 5.96. The second kappa shape index (κ2) is 3.85. The smallest absolute Gasteiger partial charge is 0.302 e. The summed E-state index contributed by atoms with van der Waals surface area (Å²) in [5.74, 6) is -0.682. The van der Waals surface area contributed by atoms with Crippen LogP contribution in [0, 0.1) is 5.82 Å². The maximum absolute atomic E-state index is 12.6. The Morgan fingerprint density at radius 3 is 2.92 bits per heavy atom. The van der Waals surface area contributed by atoms with Crippen LogP contribution in [-0.4, -0.2) is 5.97 Å². The minimum Gasteiger partial charge on any atom is -0.461 e. The minimum absolute atomic E-state index is 0.132. The van der Waals surface area contributed by atoms with E-state index in [1.54, 1.807) is 12.1 Å². The van der Waals surface area contributed by atoms with Crippen LogP contribution in [0.3, 0.4) is 0 Å². The van der Waals surface area contributed by atoms with Gasteiger partial charge in [0.05, 0.1) is 0 Å². The van der Waals surface area contributed by atoms with Gasteiger partial charge in [0.2, 0.25) is 0 Å². The first-order chi connectivity index (χ1) is 5.68. The van der Waals surface area contributed by atoms with Gasteiger partial charge in [0.15, 0.2) is 0 Å². The molecule has 0 amide bonds. The lowest BCUT2D eigenvalue weighted by Crippen LogP contribution is -1.98. The Morgan fingerprint density at radius 2 is 2.33 bits per heavy atom. The molecule has 0 aliphatic carbocycles. The highest BCUT2D eigenvalue weighted by Gasteiger charge is 1.96. The van der Waals surface area contributed by atoms with Gasteiger partial charge < -0.3 is 4.74 Å². The fourth-order valence-corrected chi connectivity index (χ4v) is 0.812. The predicted molar refractivity (Wildman–Crippen MR) is 41.9 cm³/mol. The summed E-state index contributed by atoms with van der Waals surface area (Å²) in [5.41, 5.74) is 0.658.